The highest BCUT2D eigenvalue weighted by Gasteiger charge is 2.49. The number of cyclic esters (lactones) is 1. The molecule has 0 spiro atoms. The maximum absolute atomic E-state index is 13.3. The third-order valence-corrected chi connectivity index (χ3v) is 7.70. The summed E-state index contributed by atoms with van der Waals surface area (Å²) in [4.78, 5) is 44.9. The summed E-state index contributed by atoms with van der Waals surface area (Å²) in [5.41, 5.74) is 1.25. The number of esters is 1. The molecule has 0 unspecified atom stereocenters. The molecule has 4 rings (SSSR count). The molecule has 0 aromatic heterocycles. The van der Waals surface area contributed by atoms with Crippen LogP contribution in [0.3, 0.4) is 0 Å². The number of hydrogen-bond acceptors (Lipinski definition) is 7. The van der Waals surface area contributed by atoms with Gasteiger partial charge in [-0.3, -0.25) is 19.4 Å². The van der Waals surface area contributed by atoms with Crippen molar-refractivity contribution in [2.45, 2.75) is 39.3 Å². The van der Waals surface area contributed by atoms with E-state index in [4.69, 9.17) is 17.0 Å². The van der Waals surface area contributed by atoms with Crippen molar-refractivity contribution in [3.8, 4) is 0 Å². The van der Waals surface area contributed by atoms with Crippen molar-refractivity contribution < 1.29 is 19.1 Å². The Bertz CT molecular complexity index is 975. The molecular weight excluding hydrogens is 460 g/mol. The zero-order valence-corrected chi connectivity index (χ0v) is 21.0. The van der Waals surface area contributed by atoms with Crippen molar-refractivity contribution >= 4 is 51.9 Å². The van der Waals surface area contributed by atoms with E-state index in [-0.39, 0.29) is 23.7 Å². The first-order valence-electron chi connectivity index (χ1n) is 11.3. The summed E-state index contributed by atoms with van der Waals surface area (Å²) in [6.07, 6.45) is 0.870. The first-order chi connectivity index (χ1) is 15.7. The van der Waals surface area contributed by atoms with Gasteiger partial charge < -0.3 is 14.5 Å². The lowest BCUT2D eigenvalue weighted by molar-refractivity contribution is -0.123. The first-order valence-corrected chi connectivity index (χ1v) is 12.7. The van der Waals surface area contributed by atoms with Gasteiger partial charge in [0.25, 0.3) is 11.1 Å². The second kappa shape index (κ2) is 9.60. The van der Waals surface area contributed by atoms with Crippen LogP contribution in [0.2, 0.25) is 0 Å². The van der Waals surface area contributed by atoms with Crippen LogP contribution >= 0.6 is 24.0 Å². The minimum absolute atomic E-state index is 0.0711. The minimum atomic E-state index is -0.745. The van der Waals surface area contributed by atoms with Gasteiger partial charge in [0.15, 0.2) is 5.11 Å². The molecule has 0 saturated carbocycles. The number of carbonyl (C=O) groups excluding carboxylic acids is 3. The van der Waals surface area contributed by atoms with Crippen molar-refractivity contribution in [2.24, 2.45) is 0 Å². The Balaban J connectivity index is 1.35. The lowest BCUT2D eigenvalue weighted by Crippen LogP contribution is -2.49. The van der Waals surface area contributed by atoms with E-state index < -0.39 is 5.54 Å². The summed E-state index contributed by atoms with van der Waals surface area (Å²) in [5.74, 6) is 0.402. The highest BCUT2D eigenvalue weighted by atomic mass is 32.2. The van der Waals surface area contributed by atoms with Crippen LogP contribution in [0.4, 0.5) is 10.5 Å². The highest BCUT2D eigenvalue weighted by Crippen LogP contribution is 2.34. The standard InChI is InChI=1S/C23H30N4O4S2/c1-4-33-22(30)25-12-10-24(11-13-25)8-5-9-26-21(32)27(20(29)23(26,2)3)17-6-7-18-16(14-17)15-31-19(18)28/h6-7,14H,4-5,8-13,15H2,1-3H3. The van der Waals surface area contributed by atoms with E-state index in [1.165, 1.54) is 11.8 Å². The Labute approximate surface area is 204 Å². The minimum Gasteiger partial charge on any atom is -0.457 e. The Morgan fingerprint density at radius 2 is 1.88 bits per heavy atom. The van der Waals surface area contributed by atoms with Gasteiger partial charge in [-0.15, -0.1) is 0 Å². The van der Waals surface area contributed by atoms with E-state index in [0.717, 1.165) is 50.5 Å². The third-order valence-electron chi connectivity index (χ3n) is 6.50. The fourth-order valence-corrected chi connectivity index (χ4v) is 5.64. The molecule has 1 aromatic rings. The number of ether oxygens (including phenoxy) is 1. The van der Waals surface area contributed by atoms with Crippen molar-refractivity contribution in [3.05, 3.63) is 29.3 Å². The molecule has 3 aliphatic heterocycles. The van der Waals surface area contributed by atoms with Gasteiger partial charge in [0.2, 0.25) is 0 Å². The molecule has 0 bridgehead atoms. The summed E-state index contributed by atoms with van der Waals surface area (Å²) in [5, 5.41) is 0.657. The van der Waals surface area contributed by atoms with E-state index in [2.05, 4.69) is 4.90 Å². The average Bonchev–Trinajstić information content (AvgIpc) is 3.24. The van der Waals surface area contributed by atoms with E-state index in [0.29, 0.717) is 22.9 Å². The highest BCUT2D eigenvalue weighted by molar-refractivity contribution is 8.13. The number of nitrogens with zero attached hydrogens (tertiary/aromatic N) is 4. The molecule has 0 atom stereocenters. The fraction of sp³-hybridized carbons (Fsp3) is 0.565. The van der Waals surface area contributed by atoms with Crippen molar-refractivity contribution in [1.82, 2.24) is 14.7 Å². The summed E-state index contributed by atoms with van der Waals surface area (Å²) in [6, 6.07) is 5.28. The van der Waals surface area contributed by atoms with Gasteiger partial charge in [-0.1, -0.05) is 18.7 Å². The van der Waals surface area contributed by atoms with Gasteiger partial charge >= 0.3 is 5.97 Å². The number of rotatable bonds is 6. The summed E-state index contributed by atoms with van der Waals surface area (Å²) in [7, 11) is 0. The van der Waals surface area contributed by atoms with Crippen LogP contribution in [0, 0.1) is 0 Å². The zero-order chi connectivity index (χ0) is 23.8. The Kier molecular flexibility index (Phi) is 6.97. The van der Waals surface area contributed by atoms with Gasteiger partial charge in [-0.25, -0.2) is 4.79 Å². The van der Waals surface area contributed by atoms with Gasteiger partial charge in [-0.2, -0.15) is 0 Å². The fourth-order valence-electron chi connectivity index (χ4n) is 4.52. The number of amides is 2. The maximum atomic E-state index is 13.3. The number of piperazine rings is 1. The van der Waals surface area contributed by atoms with Crippen LogP contribution in [0.1, 0.15) is 43.1 Å². The second-order valence-electron chi connectivity index (χ2n) is 8.93. The molecule has 178 valence electrons. The number of anilines is 1. The van der Waals surface area contributed by atoms with Crippen molar-refractivity contribution in [1.29, 1.82) is 0 Å². The third kappa shape index (κ3) is 4.61. The van der Waals surface area contributed by atoms with E-state index in [9.17, 15) is 14.4 Å². The predicted molar refractivity (Wildman–Crippen MR) is 133 cm³/mol. The second-order valence-corrected chi connectivity index (χ2v) is 10.5. The SMILES string of the molecule is CCSC(=O)N1CCN(CCCN2C(=S)N(c3ccc4c(c3)COC4=O)C(=O)C2(C)C)CC1. The molecule has 1 aromatic carbocycles. The molecule has 33 heavy (non-hydrogen) atoms. The lowest BCUT2D eigenvalue weighted by atomic mass is 10.0. The average molecular weight is 491 g/mol. The monoisotopic (exact) mass is 490 g/mol. The summed E-state index contributed by atoms with van der Waals surface area (Å²) < 4.78 is 5.09. The van der Waals surface area contributed by atoms with Crippen LogP contribution in [-0.2, 0) is 16.1 Å². The number of fused-ring (bicyclic) bond motifs is 1. The summed E-state index contributed by atoms with van der Waals surface area (Å²) >= 11 is 7.10. The largest absolute Gasteiger partial charge is 0.457 e. The van der Waals surface area contributed by atoms with E-state index in [1.54, 1.807) is 17.0 Å². The number of carbonyl (C=O) groups is 3. The number of thioether (sulfide) groups is 1. The van der Waals surface area contributed by atoms with E-state index in [1.807, 2.05) is 36.6 Å². The molecule has 0 aliphatic carbocycles. The van der Waals surface area contributed by atoms with Gasteiger partial charge in [0.05, 0.1) is 11.3 Å². The number of thiocarbonyl (C=S) groups is 1. The zero-order valence-electron chi connectivity index (χ0n) is 19.3. The van der Waals surface area contributed by atoms with Crippen LogP contribution < -0.4 is 4.90 Å². The first kappa shape index (κ1) is 24.0. The van der Waals surface area contributed by atoms with Crippen LogP contribution in [0.15, 0.2) is 18.2 Å². The maximum Gasteiger partial charge on any atom is 0.338 e. The lowest BCUT2D eigenvalue weighted by Gasteiger charge is -2.35. The van der Waals surface area contributed by atoms with Crippen LogP contribution in [0.5, 0.6) is 0 Å². The molecule has 3 aliphatic rings. The Morgan fingerprint density at radius 3 is 2.58 bits per heavy atom. The molecule has 8 nitrogen and oxygen atoms in total. The smallest absolute Gasteiger partial charge is 0.338 e. The molecule has 2 amide bonds. The Hall–Kier alpha value is -2.17. The molecule has 0 radical (unpaired) electrons. The molecular formula is C23H30N4O4S2. The van der Waals surface area contributed by atoms with Crippen LogP contribution in [-0.4, -0.2) is 87.5 Å². The molecule has 10 heteroatoms. The van der Waals surface area contributed by atoms with Gasteiger partial charge in [0.1, 0.15) is 12.1 Å². The number of hydrogen-bond donors (Lipinski definition) is 0. The normalized spacial score (nSPS) is 20.5. The van der Waals surface area contributed by atoms with Gasteiger partial charge in [0, 0.05) is 38.3 Å². The Morgan fingerprint density at radius 1 is 1.15 bits per heavy atom. The van der Waals surface area contributed by atoms with Crippen molar-refractivity contribution in [2.75, 3.05) is 49.9 Å². The van der Waals surface area contributed by atoms with Gasteiger partial charge in [-0.05, 0) is 63.0 Å². The van der Waals surface area contributed by atoms with E-state index >= 15 is 0 Å². The number of benzene rings is 1. The molecule has 0 N–H and O–H groups in total. The quantitative estimate of drug-likeness (QED) is 0.445. The van der Waals surface area contributed by atoms with Crippen LogP contribution in [0.25, 0.3) is 0 Å². The van der Waals surface area contributed by atoms with Crippen molar-refractivity contribution in [3.63, 3.8) is 0 Å². The molecule has 3 heterocycles. The topological polar surface area (TPSA) is 73.4 Å². The molecule has 2 fully saturated rings. The summed E-state index contributed by atoms with van der Waals surface area (Å²) in [6.45, 7) is 10.8. The molecule has 2 saturated heterocycles. The predicted octanol–water partition coefficient (Wildman–Crippen LogP) is 2.95.